The van der Waals surface area contributed by atoms with Gasteiger partial charge in [0.15, 0.2) is 0 Å². The molecule has 0 aromatic heterocycles. The van der Waals surface area contributed by atoms with Crippen LogP contribution in [0.15, 0.2) is 66.7 Å². The van der Waals surface area contributed by atoms with Gasteiger partial charge in [0.25, 0.3) is 0 Å². The molecule has 0 spiro atoms. The fourth-order valence-corrected chi connectivity index (χ4v) is 2.13. The molecule has 1 atom stereocenters. The standard InChI is InChI=1S/C17H16O2/c1-13(12-18)17(14-6-4-3-5-7-14)15-8-10-16(19-2)11-9-15/h3-12,17H,1H2,2H3/t17-/m1/s1. The quantitative estimate of drug-likeness (QED) is 0.600. The van der Waals surface area contributed by atoms with Crippen molar-refractivity contribution < 1.29 is 9.53 Å². The van der Waals surface area contributed by atoms with Crippen molar-refractivity contribution in [3.63, 3.8) is 0 Å². The van der Waals surface area contributed by atoms with Gasteiger partial charge in [0.05, 0.1) is 7.11 Å². The van der Waals surface area contributed by atoms with Crippen LogP contribution in [-0.4, -0.2) is 13.4 Å². The summed E-state index contributed by atoms with van der Waals surface area (Å²) >= 11 is 0. The molecule has 0 aliphatic heterocycles. The number of aldehydes is 1. The molecule has 0 N–H and O–H groups in total. The lowest BCUT2D eigenvalue weighted by molar-refractivity contribution is -0.105. The Labute approximate surface area is 113 Å². The molecule has 2 aromatic rings. The van der Waals surface area contributed by atoms with E-state index in [-0.39, 0.29) is 5.92 Å². The highest BCUT2D eigenvalue weighted by Crippen LogP contribution is 2.30. The lowest BCUT2D eigenvalue weighted by Gasteiger charge is -2.17. The molecule has 2 heteroatoms. The number of hydrogen-bond donors (Lipinski definition) is 0. The van der Waals surface area contributed by atoms with Crippen LogP contribution in [0.1, 0.15) is 17.0 Å². The predicted octanol–water partition coefficient (Wildman–Crippen LogP) is 3.58. The van der Waals surface area contributed by atoms with Gasteiger partial charge in [0.2, 0.25) is 0 Å². The summed E-state index contributed by atoms with van der Waals surface area (Å²) in [6, 6.07) is 17.6. The number of rotatable bonds is 5. The lowest BCUT2D eigenvalue weighted by atomic mass is 9.86. The molecular formula is C17H16O2. The van der Waals surface area contributed by atoms with Crippen molar-refractivity contribution in [2.24, 2.45) is 0 Å². The molecular weight excluding hydrogens is 236 g/mol. The van der Waals surface area contributed by atoms with Gasteiger partial charge < -0.3 is 4.74 Å². The van der Waals surface area contributed by atoms with Gasteiger partial charge in [-0.05, 0) is 28.8 Å². The van der Waals surface area contributed by atoms with Crippen molar-refractivity contribution in [1.82, 2.24) is 0 Å². The second-order valence-corrected chi connectivity index (χ2v) is 4.31. The topological polar surface area (TPSA) is 26.3 Å². The number of ether oxygens (including phenoxy) is 1. The molecule has 0 amide bonds. The Morgan fingerprint density at radius 2 is 1.63 bits per heavy atom. The Morgan fingerprint density at radius 1 is 1.05 bits per heavy atom. The van der Waals surface area contributed by atoms with E-state index in [0.717, 1.165) is 23.2 Å². The minimum absolute atomic E-state index is 0.107. The molecule has 0 saturated heterocycles. The zero-order valence-corrected chi connectivity index (χ0v) is 10.9. The van der Waals surface area contributed by atoms with Crippen LogP contribution in [0.4, 0.5) is 0 Å². The Bertz CT molecular complexity index is 556. The Balaban J connectivity index is 2.43. The fourth-order valence-electron chi connectivity index (χ4n) is 2.13. The van der Waals surface area contributed by atoms with Crippen molar-refractivity contribution >= 4 is 6.29 Å². The number of methoxy groups -OCH3 is 1. The summed E-state index contributed by atoms with van der Waals surface area (Å²) in [5.41, 5.74) is 2.64. The largest absolute Gasteiger partial charge is 0.497 e. The van der Waals surface area contributed by atoms with Crippen LogP contribution < -0.4 is 4.74 Å². The smallest absolute Gasteiger partial charge is 0.146 e. The van der Waals surface area contributed by atoms with Gasteiger partial charge >= 0.3 is 0 Å². The zero-order chi connectivity index (χ0) is 13.7. The van der Waals surface area contributed by atoms with Crippen molar-refractivity contribution in [2.45, 2.75) is 5.92 Å². The van der Waals surface area contributed by atoms with E-state index in [0.29, 0.717) is 5.57 Å². The molecule has 0 bridgehead atoms. The highest BCUT2D eigenvalue weighted by Gasteiger charge is 2.17. The van der Waals surface area contributed by atoms with Crippen molar-refractivity contribution in [3.8, 4) is 5.75 Å². The molecule has 0 fully saturated rings. The SMILES string of the molecule is C=C(C=O)[C@H](c1ccccc1)c1ccc(OC)cc1. The number of carbonyl (C=O) groups is 1. The zero-order valence-electron chi connectivity index (χ0n) is 10.9. The predicted molar refractivity (Wildman–Crippen MR) is 76.5 cm³/mol. The first-order valence-electron chi connectivity index (χ1n) is 6.09. The van der Waals surface area contributed by atoms with Gasteiger partial charge in [-0.25, -0.2) is 0 Å². The molecule has 2 nitrogen and oxygen atoms in total. The normalized spacial score (nSPS) is 11.6. The molecule has 0 radical (unpaired) electrons. The van der Waals surface area contributed by atoms with Gasteiger partial charge in [-0.2, -0.15) is 0 Å². The second-order valence-electron chi connectivity index (χ2n) is 4.31. The molecule has 0 aliphatic rings. The van der Waals surface area contributed by atoms with Crippen molar-refractivity contribution in [2.75, 3.05) is 7.11 Å². The van der Waals surface area contributed by atoms with Crippen LogP contribution in [0.5, 0.6) is 5.75 Å². The Kier molecular flexibility index (Phi) is 4.14. The monoisotopic (exact) mass is 252 g/mol. The maximum atomic E-state index is 11.1. The number of carbonyl (C=O) groups excluding carboxylic acids is 1. The van der Waals surface area contributed by atoms with Crippen LogP contribution >= 0.6 is 0 Å². The van der Waals surface area contributed by atoms with Crippen molar-refractivity contribution in [3.05, 3.63) is 77.9 Å². The number of benzene rings is 2. The summed E-state index contributed by atoms with van der Waals surface area (Å²) in [5.74, 6) is 0.692. The first kappa shape index (κ1) is 13.1. The van der Waals surface area contributed by atoms with Crippen LogP contribution in [-0.2, 0) is 4.79 Å². The summed E-state index contributed by atoms with van der Waals surface area (Å²) in [6.07, 6.45) is 0.821. The van der Waals surface area contributed by atoms with E-state index in [9.17, 15) is 4.79 Å². The van der Waals surface area contributed by atoms with Gasteiger partial charge in [-0.15, -0.1) is 0 Å². The molecule has 2 aromatic carbocycles. The highest BCUT2D eigenvalue weighted by molar-refractivity contribution is 5.76. The van der Waals surface area contributed by atoms with E-state index in [1.54, 1.807) is 7.11 Å². The van der Waals surface area contributed by atoms with E-state index < -0.39 is 0 Å². The van der Waals surface area contributed by atoms with Crippen LogP contribution in [0.2, 0.25) is 0 Å². The molecule has 19 heavy (non-hydrogen) atoms. The molecule has 0 unspecified atom stereocenters. The highest BCUT2D eigenvalue weighted by atomic mass is 16.5. The minimum Gasteiger partial charge on any atom is -0.497 e. The van der Waals surface area contributed by atoms with Gasteiger partial charge in [-0.1, -0.05) is 49.0 Å². The second kappa shape index (κ2) is 6.01. The first-order valence-corrected chi connectivity index (χ1v) is 6.09. The molecule has 96 valence electrons. The maximum Gasteiger partial charge on any atom is 0.146 e. The number of allylic oxidation sites excluding steroid dienone is 1. The summed E-state index contributed by atoms with van der Waals surface area (Å²) in [6.45, 7) is 3.87. The third-order valence-corrected chi connectivity index (χ3v) is 3.10. The molecule has 0 aliphatic carbocycles. The summed E-state index contributed by atoms with van der Waals surface area (Å²) < 4.78 is 5.15. The maximum absolute atomic E-state index is 11.1. The Morgan fingerprint density at radius 3 is 2.16 bits per heavy atom. The van der Waals surface area contributed by atoms with E-state index in [1.165, 1.54) is 0 Å². The van der Waals surface area contributed by atoms with Gasteiger partial charge in [0, 0.05) is 5.92 Å². The first-order chi connectivity index (χ1) is 9.26. The van der Waals surface area contributed by atoms with Crippen LogP contribution in [0.3, 0.4) is 0 Å². The fraction of sp³-hybridized carbons (Fsp3) is 0.118. The van der Waals surface area contributed by atoms with Crippen LogP contribution in [0, 0.1) is 0 Å². The average Bonchev–Trinajstić information content (AvgIpc) is 2.49. The molecule has 0 saturated carbocycles. The Hall–Kier alpha value is -2.35. The summed E-state index contributed by atoms with van der Waals surface area (Å²) in [5, 5.41) is 0. The lowest BCUT2D eigenvalue weighted by Crippen LogP contribution is -2.05. The van der Waals surface area contributed by atoms with E-state index in [1.807, 2.05) is 54.6 Å². The van der Waals surface area contributed by atoms with Gasteiger partial charge in [-0.3, -0.25) is 4.79 Å². The summed E-state index contributed by atoms with van der Waals surface area (Å²) in [7, 11) is 1.63. The van der Waals surface area contributed by atoms with Crippen LogP contribution in [0.25, 0.3) is 0 Å². The third kappa shape index (κ3) is 2.91. The molecule has 2 rings (SSSR count). The van der Waals surface area contributed by atoms with E-state index >= 15 is 0 Å². The third-order valence-electron chi connectivity index (χ3n) is 3.10. The summed E-state index contributed by atoms with van der Waals surface area (Å²) in [4.78, 5) is 11.1. The van der Waals surface area contributed by atoms with E-state index in [4.69, 9.17) is 4.74 Å². The number of hydrogen-bond acceptors (Lipinski definition) is 2. The van der Waals surface area contributed by atoms with Crippen molar-refractivity contribution in [1.29, 1.82) is 0 Å². The van der Waals surface area contributed by atoms with E-state index in [2.05, 4.69) is 6.58 Å². The minimum atomic E-state index is -0.107. The molecule has 0 heterocycles. The average molecular weight is 252 g/mol. The van der Waals surface area contributed by atoms with Gasteiger partial charge in [0.1, 0.15) is 12.0 Å².